The molecular weight excluding hydrogens is 376 g/mol. The molecule has 0 aliphatic carbocycles. The number of nitrogens with zero attached hydrogens (tertiary/aromatic N) is 3. The number of hydrogen-bond acceptors (Lipinski definition) is 5. The van der Waals surface area contributed by atoms with E-state index in [1.54, 1.807) is 0 Å². The maximum Gasteiger partial charge on any atom is 0.291 e. The maximum absolute atomic E-state index is 13.2. The molecule has 4 aromatic rings. The Bertz CT molecular complexity index is 1310. The van der Waals surface area contributed by atoms with Gasteiger partial charge in [0.2, 0.25) is 0 Å². The number of aromatic nitrogens is 3. The lowest BCUT2D eigenvalue weighted by Gasteiger charge is -2.17. The van der Waals surface area contributed by atoms with Crippen molar-refractivity contribution in [1.82, 2.24) is 14.8 Å². The quantitative estimate of drug-likeness (QED) is 0.492. The average Bonchev–Trinajstić information content (AvgIpc) is 2.75. The van der Waals surface area contributed by atoms with Gasteiger partial charge in [-0.15, -0.1) is 0 Å². The number of nitrogens with one attached hydrogen (secondary N) is 1. The number of benzene rings is 2. The highest BCUT2D eigenvalue weighted by atomic mass is 16.1. The summed E-state index contributed by atoms with van der Waals surface area (Å²) in [5, 5.41) is 8.66. The Kier molecular flexibility index (Phi) is 5.14. The molecule has 6 heteroatoms. The zero-order valence-corrected chi connectivity index (χ0v) is 17.1. The van der Waals surface area contributed by atoms with Crippen molar-refractivity contribution >= 4 is 28.1 Å². The zero-order chi connectivity index (χ0) is 21.3. The first-order valence-electron chi connectivity index (χ1n) is 9.84. The molecule has 0 aliphatic heterocycles. The first-order valence-corrected chi connectivity index (χ1v) is 9.84. The molecule has 0 amide bonds. The molecule has 0 saturated heterocycles. The fraction of sp³-hybridized carbons (Fsp3) is 0.167. The van der Waals surface area contributed by atoms with Crippen LogP contribution in [0.15, 0.2) is 65.5 Å². The summed E-state index contributed by atoms with van der Waals surface area (Å²) in [7, 11) is 0. The number of fused-ring (bicyclic) bond motifs is 1. The Morgan fingerprint density at radius 2 is 1.80 bits per heavy atom. The molecule has 0 saturated carbocycles. The van der Waals surface area contributed by atoms with E-state index in [-0.39, 0.29) is 22.6 Å². The molecule has 0 radical (unpaired) electrons. The summed E-state index contributed by atoms with van der Waals surface area (Å²) >= 11 is 0. The van der Waals surface area contributed by atoms with Gasteiger partial charge in [-0.05, 0) is 32.9 Å². The summed E-state index contributed by atoms with van der Waals surface area (Å²) in [5.41, 5.74) is 3.70. The molecule has 6 nitrogen and oxygen atoms in total. The monoisotopic (exact) mass is 398 g/mol. The van der Waals surface area contributed by atoms with Crippen LogP contribution < -0.4 is 10.9 Å². The van der Waals surface area contributed by atoms with Crippen molar-refractivity contribution in [3.8, 4) is 11.3 Å². The normalized spacial score (nSPS) is 10.9. The van der Waals surface area contributed by atoms with E-state index < -0.39 is 0 Å². The molecule has 0 fully saturated rings. The summed E-state index contributed by atoms with van der Waals surface area (Å²) in [6.07, 6.45) is 0. The van der Waals surface area contributed by atoms with Crippen LogP contribution in [0, 0.1) is 6.92 Å². The summed E-state index contributed by atoms with van der Waals surface area (Å²) in [5.74, 6) is -0.228. The molecular formula is C24H22N4O2. The number of hydrogen-bond donors (Lipinski definition) is 1. The van der Waals surface area contributed by atoms with Gasteiger partial charge in [0.15, 0.2) is 5.78 Å². The molecule has 0 atom stereocenters. The smallest absolute Gasteiger partial charge is 0.291 e. The van der Waals surface area contributed by atoms with Crippen LogP contribution in [-0.2, 0) is 6.54 Å². The van der Waals surface area contributed by atoms with Gasteiger partial charge in [-0.3, -0.25) is 14.6 Å². The van der Waals surface area contributed by atoms with Crippen molar-refractivity contribution in [2.75, 3.05) is 5.32 Å². The summed E-state index contributed by atoms with van der Waals surface area (Å²) in [6.45, 7) is 5.61. The lowest BCUT2D eigenvalue weighted by atomic mass is 10.0. The van der Waals surface area contributed by atoms with Gasteiger partial charge in [0, 0.05) is 23.2 Å². The number of ketones is 1. The van der Waals surface area contributed by atoms with Crippen LogP contribution in [0.2, 0.25) is 0 Å². The SMILES string of the molecule is CCn1nc(-c2ccccc2)c(C(C)=O)c(Nc2cccc3ccc(C)nc23)c1=O. The predicted molar refractivity (Wildman–Crippen MR) is 119 cm³/mol. The average molecular weight is 398 g/mol. The number of aryl methyl sites for hydroxylation is 2. The molecule has 1 N–H and O–H groups in total. The van der Waals surface area contributed by atoms with E-state index in [9.17, 15) is 9.59 Å². The second kappa shape index (κ2) is 7.91. The van der Waals surface area contributed by atoms with Gasteiger partial charge >= 0.3 is 0 Å². The molecule has 0 aliphatic rings. The summed E-state index contributed by atoms with van der Waals surface area (Å²) < 4.78 is 1.38. The van der Waals surface area contributed by atoms with Gasteiger partial charge in [-0.1, -0.05) is 48.5 Å². The minimum absolute atomic E-state index is 0.217. The zero-order valence-electron chi connectivity index (χ0n) is 17.1. The van der Waals surface area contributed by atoms with Crippen molar-refractivity contribution in [2.24, 2.45) is 0 Å². The number of anilines is 2. The molecule has 0 unspecified atom stereocenters. The van der Waals surface area contributed by atoms with Crippen LogP contribution in [0.3, 0.4) is 0 Å². The molecule has 2 aromatic carbocycles. The van der Waals surface area contributed by atoms with Crippen molar-refractivity contribution in [1.29, 1.82) is 0 Å². The first kappa shape index (κ1) is 19.5. The van der Waals surface area contributed by atoms with Crippen LogP contribution in [0.5, 0.6) is 0 Å². The fourth-order valence-corrected chi connectivity index (χ4v) is 3.52. The van der Waals surface area contributed by atoms with Gasteiger partial charge in [0.05, 0.1) is 16.8 Å². The van der Waals surface area contributed by atoms with E-state index in [4.69, 9.17) is 0 Å². The van der Waals surface area contributed by atoms with Crippen molar-refractivity contribution in [2.45, 2.75) is 27.3 Å². The largest absolute Gasteiger partial charge is 0.349 e. The Morgan fingerprint density at radius 3 is 2.50 bits per heavy atom. The number of rotatable bonds is 5. The topological polar surface area (TPSA) is 76.9 Å². The summed E-state index contributed by atoms with van der Waals surface area (Å²) in [4.78, 5) is 30.5. The van der Waals surface area contributed by atoms with E-state index >= 15 is 0 Å². The van der Waals surface area contributed by atoms with E-state index in [1.165, 1.54) is 11.6 Å². The van der Waals surface area contributed by atoms with E-state index in [0.29, 0.717) is 17.9 Å². The Balaban J connectivity index is 1.99. The lowest BCUT2D eigenvalue weighted by molar-refractivity contribution is 0.101. The van der Waals surface area contributed by atoms with Crippen molar-refractivity contribution in [3.05, 3.63) is 82.3 Å². The molecule has 2 heterocycles. The van der Waals surface area contributed by atoms with Crippen molar-refractivity contribution < 1.29 is 4.79 Å². The van der Waals surface area contributed by atoms with Crippen LogP contribution in [0.25, 0.3) is 22.2 Å². The molecule has 0 spiro atoms. The molecule has 0 bridgehead atoms. The van der Waals surface area contributed by atoms with Gasteiger partial charge in [-0.2, -0.15) is 5.10 Å². The highest BCUT2D eigenvalue weighted by Gasteiger charge is 2.22. The highest BCUT2D eigenvalue weighted by molar-refractivity contribution is 6.06. The second-order valence-electron chi connectivity index (χ2n) is 7.10. The highest BCUT2D eigenvalue weighted by Crippen LogP contribution is 2.30. The fourth-order valence-electron chi connectivity index (χ4n) is 3.52. The number of Topliss-reactive ketones (excluding diaryl/α,β-unsaturated/α-hetero) is 1. The lowest BCUT2D eigenvalue weighted by Crippen LogP contribution is -2.28. The van der Waals surface area contributed by atoms with Crippen LogP contribution in [0.1, 0.15) is 29.9 Å². The second-order valence-corrected chi connectivity index (χ2v) is 7.10. The Labute approximate surface area is 174 Å². The number of pyridine rings is 1. The van der Waals surface area contributed by atoms with E-state index in [1.807, 2.05) is 74.5 Å². The molecule has 2 aromatic heterocycles. The first-order chi connectivity index (χ1) is 14.5. The maximum atomic E-state index is 13.2. The third-order valence-electron chi connectivity index (χ3n) is 4.97. The summed E-state index contributed by atoms with van der Waals surface area (Å²) in [6, 6.07) is 19.1. The van der Waals surface area contributed by atoms with E-state index in [2.05, 4.69) is 15.4 Å². The van der Waals surface area contributed by atoms with Gasteiger partial charge in [0.25, 0.3) is 5.56 Å². The Morgan fingerprint density at radius 1 is 1.03 bits per heavy atom. The Hall–Kier alpha value is -3.80. The van der Waals surface area contributed by atoms with Crippen molar-refractivity contribution in [3.63, 3.8) is 0 Å². The van der Waals surface area contributed by atoms with Gasteiger partial charge in [0.1, 0.15) is 11.4 Å². The molecule has 150 valence electrons. The predicted octanol–water partition coefficient (Wildman–Crippen LogP) is 4.73. The van der Waals surface area contributed by atoms with Crippen LogP contribution >= 0.6 is 0 Å². The molecule has 30 heavy (non-hydrogen) atoms. The third kappa shape index (κ3) is 3.48. The minimum atomic E-state index is -0.341. The molecule has 4 rings (SSSR count). The number of carbonyl (C=O) groups is 1. The van der Waals surface area contributed by atoms with Crippen LogP contribution in [-0.4, -0.2) is 20.5 Å². The van der Waals surface area contributed by atoms with Gasteiger partial charge < -0.3 is 5.32 Å². The third-order valence-corrected chi connectivity index (χ3v) is 4.97. The van der Waals surface area contributed by atoms with Crippen LogP contribution in [0.4, 0.5) is 11.4 Å². The number of para-hydroxylation sites is 1. The minimum Gasteiger partial charge on any atom is -0.349 e. The van der Waals surface area contributed by atoms with E-state index in [0.717, 1.165) is 22.2 Å². The standard InChI is InChI=1S/C24H22N4O2/c1-4-28-24(30)23(20(16(3)29)22(27-28)17-9-6-5-7-10-17)26-19-12-8-11-18-14-13-15(2)25-21(18)19/h5-14,26H,4H2,1-3H3. The van der Waals surface area contributed by atoms with Gasteiger partial charge in [-0.25, -0.2) is 4.68 Å². The number of carbonyl (C=O) groups excluding carboxylic acids is 1.